The summed E-state index contributed by atoms with van der Waals surface area (Å²) in [5.74, 6) is 1.43. The molecule has 0 aromatic carbocycles. The minimum absolute atomic E-state index is 0.634. The first-order chi connectivity index (χ1) is 14.1. The second-order valence-electron chi connectivity index (χ2n) is 8.63. The summed E-state index contributed by atoms with van der Waals surface area (Å²) in [6, 6.07) is 3.95. The van der Waals surface area contributed by atoms with Crippen molar-refractivity contribution in [1.82, 2.24) is 9.88 Å². The Hall–Kier alpha value is -1.61. The Morgan fingerprint density at radius 3 is 2.17 bits per heavy atom. The van der Waals surface area contributed by atoms with Crippen LogP contribution in [0.15, 0.2) is 36.2 Å². The summed E-state index contributed by atoms with van der Waals surface area (Å²) < 4.78 is 0. The van der Waals surface area contributed by atoms with Gasteiger partial charge in [-0.15, -0.1) is 0 Å². The van der Waals surface area contributed by atoms with Crippen molar-refractivity contribution in [2.24, 2.45) is 11.8 Å². The molecule has 0 spiro atoms. The lowest BCUT2D eigenvalue weighted by molar-refractivity contribution is 0.201. The van der Waals surface area contributed by atoms with E-state index in [0.29, 0.717) is 11.8 Å². The van der Waals surface area contributed by atoms with Crippen LogP contribution in [0.4, 0.5) is 0 Å². The Morgan fingerprint density at radius 2 is 1.62 bits per heavy atom. The van der Waals surface area contributed by atoms with E-state index in [1.165, 1.54) is 51.4 Å². The molecule has 1 aliphatic carbocycles. The molecule has 0 bridgehead atoms. The van der Waals surface area contributed by atoms with Gasteiger partial charge in [-0.1, -0.05) is 84.4 Å². The van der Waals surface area contributed by atoms with Gasteiger partial charge in [0.25, 0.3) is 0 Å². The molecule has 162 valence electrons. The number of fused-ring (bicyclic) bond motifs is 1. The highest BCUT2D eigenvalue weighted by Gasteiger charge is 2.22. The Balaban J connectivity index is 2.20. The number of hydrogen-bond donors (Lipinski definition) is 1. The van der Waals surface area contributed by atoms with Crippen LogP contribution >= 0.6 is 0 Å². The van der Waals surface area contributed by atoms with E-state index in [1.54, 1.807) is 6.20 Å². The summed E-state index contributed by atoms with van der Waals surface area (Å²) in [5, 5.41) is 10.9. The minimum atomic E-state index is -0.634. The summed E-state index contributed by atoms with van der Waals surface area (Å²) >= 11 is 0. The monoisotopic (exact) mass is 398 g/mol. The minimum Gasteiger partial charge on any atom is -0.382 e. The number of aliphatic hydroxyl groups is 1. The molecule has 1 aromatic rings. The van der Waals surface area contributed by atoms with E-state index in [9.17, 15) is 5.11 Å². The Kier molecular flexibility index (Phi) is 10.5. The molecule has 3 unspecified atom stereocenters. The third kappa shape index (κ3) is 7.29. The molecule has 29 heavy (non-hydrogen) atoms. The molecule has 2 rings (SSSR count). The zero-order chi connectivity index (χ0) is 21.1. The normalized spacial score (nSPS) is 19.2. The number of unbranched alkanes of at least 4 members (excludes halogenated alkanes) is 2. The van der Waals surface area contributed by atoms with Crippen molar-refractivity contribution in [3.63, 3.8) is 0 Å². The summed E-state index contributed by atoms with van der Waals surface area (Å²) in [5.41, 5.74) is 2.76. The van der Waals surface area contributed by atoms with Gasteiger partial charge in [-0.2, -0.15) is 0 Å². The predicted octanol–water partition coefficient (Wildman–Crippen LogP) is 6.76. The molecular formula is C26H42N2O. The lowest BCUT2D eigenvalue weighted by Gasteiger charge is -2.31. The van der Waals surface area contributed by atoms with Gasteiger partial charge in [0.05, 0.1) is 5.69 Å². The molecule has 0 amide bonds. The largest absolute Gasteiger partial charge is 0.382 e. The fourth-order valence-electron chi connectivity index (χ4n) is 4.24. The smallest absolute Gasteiger partial charge is 0.123 e. The lowest BCUT2D eigenvalue weighted by atomic mass is 9.94. The molecule has 3 heteroatoms. The molecule has 0 aliphatic heterocycles. The third-order valence-corrected chi connectivity index (χ3v) is 6.30. The standard InChI is InChI=1S/C26H42N2O/c1-5-9-12-21(7-3)18-28(19-22(8-4)13-10-6-2)20-24-16-15-23-14-11-17-27-25(23)26(24)29/h11,14-17,20-22,26,29H,5-10,12-13,18-19H2,1-4H3. The molecule has 1 aromatic heterocycles. The Morgan fingerprint density at radius 1 is 1.00 bits per heavy atom. The van der Waals surface area contributed by atoms with Crippen molar-refractivity contribution in [2.45, 2.75) is 85.2 Å². The zero-order valence-electron chi connectivity index (χ0n) is 19.1. The van der Waals surface area contributed by atoms with Gasteiger partial charge in [-0.3, -0.25) is 4.98 Å². The van der Waals surface area contributed by atoms with Gasteiger partial charge in [0.1, 0.15) is 6.10 Å². The van der Waals surface area contributed by atoms with Crippen LogP contribution in [-0.2, 0) is 0 Å². The van der Waals surface area contributed by atoms with Crippen LogP contribution in [0.5, 0.6) is 0 Å². The van der Waals surface area contributed by atoms with Gasteiger partial charge >= 0.3 is 0 Å². The SMILES string of the molecule is CCCCC(CC)CN(C=C1C=Cc2cccnc2C1O)CC(CC)CCCC. The van der Waals surface area contributed by atoms with Crippen LogP contribution in [-0.4, -0.2) is 28.1 Å². The van der Waals surface area contributed by atoms with E-state index in [-0.39, 0.29) is 0 Å². The molecule has 1 aliphatic rings. The van der Waals surface area contributed by atoms with E-state index < -0.39 is 6.10 Å². The van der Waals surface area contributed by atoms with E-state index in [1.807, 2.05) is 12.1 Å². The van der Waals surface area contributed by atoms with Crippen molar-refractivity contribution in [3.05, 3.63) is 47.4 Å². The average molecular weight is 399 g/mol. The predicted molar refractivity (Wildman–Crippen MR) is 124 cm³/mol. The number of pyridine rings is 1. The maximum absolute atomic E-state index is 10.9. The molecule has 0 saturated heterocycles. The summed E-state index contributed by atoms with van der Waals surface area (Å²) in [6.07, 6.45) is 17.7. The number of hydrogen-bond acceptors (Lipinski definition) is 3. The maximum Gasteiger partial charge on any atom is 0.123 e. The number of rotatable bonds is 13. The molecule has 0 radical (unpaired) electrons. The van der Waals surface area contributed by atoms with E-state index in [0.717, 1.165) is 29.9 Å². The highest BCUT2D eigenvalue weighted by molar-refractivity contribution is 5.61. The molecule has 0 saturated carbocycles. The van der Waals surface area contributed by atoms with E-state index in [4.69, 9.17) is 0 Å². The second kappa shape index (κ2) is 12.8. The van der Waals surface area contributed by atoms with Crippen LogP contribution in [0.3, 0.4) is 0 Å². The lowest BCUT2D eigenvalue weighted by Crippen LogP contribution is -2.31. The van der Waals surface area contributed by atoms with E-state index >= 15 is 0 Å². The highest BCUT2D eigenvalue weighted by Crippen LogP contribution is 2.31. The van der Waals surface area contributed by atoms with Gasteiger partial charge in [-0.25, -0.2) is 0 Å². The molecule has 1 heterocycles. The summed E-state index contributed by atoms with van der Waals surface area (Å²) in [6.45, 7) is 11.3. The second-order valence-corrected chi connectivity index (χ2v) is 8.63. The van der Waals surface area contributed by atoms with Crippen molar-refractivity contribution < 1.29 is 5.11 Å². The molecule has 3 nitrogen and oxygen atoms in total. The number of aliphatic hydroxyl groups excluding tert-OH is 1. The average Bonchev–Trinajstić information content (AvgIpc) is 2.75. The van der Waals surface area contributed by atoms with Gasteiger partial charge < -0.3 is 10.0 Å². The quantitative estimate of drug-likeness (QED) is 0.399. The number of aromatic nitrogens is 1. The van der Waals surface area contributed by atoms with Crippen LogP contribution in [0.1, 0.15) is 96.4 Å². The third-order valence-electron chi connectivity index (χ3n) is 6.30. The first kappa shape index (κ1) is 23.7. The van der Waals surface area contributed by atoms with Gasteiger partial charge in [-0.05, 0) is 36.3 Å². The maximum atomic E-state index is 10.9. The van der Waals surface area contributed by atoms with Crippen LogP contribution < -0.4 is 0 Å². The van der Waals surface area contributed by atoms with Crippen molar-refractivity contribution in [2.75, 3.05) is 13.1 Å². The van der Waals surface area contributed by atoms with Gasteiger partial charge in [0.2, 0.25) is 0 Å². The van der Waals surface area contributed by atoms with Gasteiger partial charge in [0.15, 0.2) is 0 Å². The fourth-order valence-corrected chi connectivity index (χ4v) is 4.24. The Labute approximate surface area is 178 Å². The molecule has 0 fully saturated rings. The molecule has 3 atom stereocenters. The van der Waals surface area contributed by atoms with Crippen molar-refractivity contribution in [3.8, 4) is 0 Å². The van der Waals surface area contributed by atoms with Crippen LogP contribution in [0, 0.1) is 11.8 Å². The number of nitrogens with zero attached hydrogens (tertiary/aromatic N) is 2. The first-order valence-electron chi connectivity index (χ1n) is 11.9. The first-order valence-corrected chi connectivity index (χ1v) is 11.9. The highest BCUT2D eigenvalue weighted by atomic mass is 16.3. The molecular weight excluding hydrogens is 356 g/mol. The summed E-state index contributed by atoms with van der Waals surface area (Å²) in [4.78, 5) is 6.94. The zero-order valence-corrected chi connectivity index (χ0v) is 19.1. The van der Waals surface area contributed by atoms with Crippen molar-refractivity contribution >= 4 is 6.08 Å². The van der Waals surface area contributed by atoms with Gasteiger partial charge in [0, 0.05) is 31.1 Å². The van der Waals surface area contributed by atoms with Crippen LogP contribution in [0.2, 0.25) is 0 Å². The van der Waals surface area contributed by atoms with Crippen molar-refractivity contribution in [1.29, 1.82) is 0 Å². The topological polar surface area (TPSA) is 36.4 Å². The van der Waals surface area contributed by atoms with Crippen LogP contribution in [0.25, 0.3) is 6.08 Å². The van der Waals surface area contributed by atoms with E-state index in [2.05, 4.69) is 55.9 Å². The fraction of sp³-hybridized carbons (Fsp3) is 0.654. The summed E-state index contributed by atoms with van der Waals surface area (Å²) in [7, 11) is 0. The molecule has 1 N–H and O–H groups in total. The Bertz CT molecular complexity index is 634.